The highest BCUT2D eigenvalue weighted by atomic mass is 16.5. The third-order valence-electron chi connectivity index (χ3n) is 7.83. The van der Waals surface area contributed by atoms with E-state index in [1.165, 1.54) is 22.8 Å². The van der Waals surface area contributed by atoms with Gasteiger partial charge < -0.3 is 4.74 Å². The lowest BCUT2D eigenvalue weighted by molar-refractivity contribution is 0.482. The van der Waals surface area contributed by atoms with Crippen LogP contribution < -0.4 is 4.74 Å². The first-order valence-electron chi connectivity index (χ1n) is 12.6. The third kappa shape index (κ3) is 3.34. The van der Waals surface area contributed by atoms with Gasteiger partial charge in [-0.25, -0.2) is 9.97 Å². The second-order valence-electron chi connectivity index (χ2n) is 9.95. The van der Waals surface area contributed by atoms with E-state index < -0.39 is 0 Å². The Morgan fingerprint density at radius 2 is 0.919 bits per heavy atom. The lowest BCUT2D eigenvalue weighted by Gasteiger charge is -2.12. The summed E-state index contributed by atoms with van der Waals surface area (Å²) in [4.78, 5) is 9.69. The van der Waals surface area contributed by atoms with Crippen LogP contribution in [-0.4, -0.2) is 27.9 Å². The minimum absolute atomic E-state index is 0.775. The van der Waals surface area contributed by atoms with Crippen molar-refractivity contribution in [2.75, 3.05) is 0 Å². The van der Waals surface area contributed by atoms with E-state index in [0.29, 0.717) is 0 Å². The maximum Gasteiger partial charge on any atom is 0.219 e. The van der Waals surface area contributed by atoms with Crippen LogP contribution in [0.2, 0.25) is 0 Å². The lowest BCUT2D eigenvalue weighted by atomic mass is 10.2. The van der Waals surface area contributed by atoms with Crippen molar-refractivity contribution >= 4 is 11.6 Å². The van der Waals surface area contributed by atoms with Gasteiger partial charge in [-0.1, -0.05) is 12.1 Å². The van der Waals surface area contributed by atoms with Crippen LogP contribution in [0.4, 0.5) is 0 Å². The molecule has 0 aliphatic carbocycles. The van der Waals surface area contributed by atoms with Crippen LogP contribution >= 0.6 is 0 Å². The van der Waals surface area contributed by atoms with Gasteiger partial charge >= 0.3 is 0 Å². The molecule has 0 saturated carbocycles. The van der Waals surface area contributed by atoms with Gasteiger partial charge in [-0.05, 0) is 79.7 Å². The number of benzene rings is 2. The van der Waals surface area contributed by atoms with Gasteiger partial charge in [-0.15, -0.1) is 0 Å². The first kappa shape index (κ1) is 23.2. The van der Waals surface area contributed by atoms with E-state index in [2.05, 4.69) is 97.6 Å². The minimum atomic E-state index is 0.775. The van der Waals surface area contributed by atoms with E-state index in [1.54, 1.807) is 0 Å². The molecular formula is C30H32N6O. The molecule has 0 fully saturated rings. The molecule has 37 heavy (non-hydrogen) atoms. The van der Waals surface area contributed by atoms with Crippen molar-refractivity contribution in [3.05, 3.63) is 94.1 Å². The van der Waals surface area contributed by atoms with Crippen molar-refractivity contribution in [1.82, 2.24) is 27.9 Å². The molecule has 7 nitrogen and oxygen atoms in total. The second kappa shape index (κ2) is 8.13. The summed E-state index contributed by atoms with van der Waals surface area (Å²) in [6, 6.07) is 16.4. The fourth-order valence-electron chi connectivity index (χ4n) is 5.36. The Morgan fingerprint density at radius 1 is 0.514 bits per heavy atom. The van der Waals surface area contributed by atoms with E-state index in [-0.39, 0.29) is 0 Å². The van der Waals surface area contributed by atoms with E-state index in [1.807, 2.05) is 24.3 Å². The molecule has 0 N–H and O–H groups in total. The van der Waals surface area contributed by atoms with Crippen molar-refractivity contribution in [3.63, 3.8) is 0 Å². The average molecular weight is 493 g/mol. The molecule has 0 radical (unpaired) electrons. The molecule has 0 amide bonds. The molecule has 2 aromatic carbocycles. The van der Waals surface area contributed by atoms with E-state index in [9.17, 15) is 0 Å². The molecule has 0 atom stereocenters. The van der Waals surface area contributed by atoms with Crippen LogP contribution in [-0.2, 0) is 0 Å². The molecule has 7 heteroatoms. The van der Waals surface area contributed by atoms with Crippen molar-refractivity contribution in [1.29, 1.82) is 0 Å². The predicted octanol–water partition coefficient (Wildman–Crippen LogP) is 6.82. The summed E-state index contributed by atoms with van der Waals surface area (Å²) in [6.45, 7) is 16.9. The number of fused-ring (bicyclic) bond motifs is 2. The smallest absolute Gasteiger partial charge is 0.219 e. The molecule has 4 heterocycles. The van der Waals surface area contributed by atoms with Crippen molar-refractivity contribution in [2.24, 2.45) is 0 Å². The quantitative estimate of drug-likeness (QED) is 0.271. The molecule has 6 rings (SSSR count). The van der Waals surface area contributed by atoms with Gasteiger partial charge in [0.2, 0.25) is 11.6 Å². The molecule has 6 aromatic rings. The first-order chi connectivity index (χ1) is 17.7. The SMILES string of the molecule is Cc1nc2n(-c3cccc(Oc4cccc(-n5c(C)c(C)n6c(C)c(C)nc56)c4)c3)c(C)c(C)n2c1C. The zero-order valence-electron chi connectivity index (χ0n) is 22.7. The minimum Gasteiger partial charge on any atom is -0.457 e. The topological polar surface area (TPSA) is 53.7 Å². The van der Waals surface area contributed by atoms with E-state index >= 15 is 0 Å². The second-order valence-corrected chi connectivity index (χ2v) is 9.95. The highest BCUT2D eigenvalue weighted by Crippen LogP contribution is 2.31. The number of nitrogens with zero attached hydrogens (tertiary/aromatic N) is 6. The summed E-state index contributed by atoms with van der Waals surface area (Å²) < 4.78 is 15.2. The molecule has 0 aliphatic rings. The largest absolute Gasteiger partial charge is 0.457 e. The number of imidazole rings is 4. The number of aryl methyl sites for hydroxylation is 6. The maximum absolute atomic E-state index is 6.40. The average Bonchev–Trinajstić information content (AvgIpc) is 3.49. The summed E-state index contributed by atoms with van der Waals surface area (Å²) in [5, 5.41) is 0. The summed E-state index contributed by atoms with van der Waals surface area (Å²) >= 11 is 0. The molecule has 4 aromatic heterocycles. The zero-order chi connectivity index (χ0) is 26.2. The Morgan fingerprint density at radius 3 is 1.32 bits per heavy atom. The van der Waals surface area contributed by atoms with Crippen LogP contribution in [0.15, 0.2) is 48.5 Å². The molecule has 0 spiro atoms. The Kier molecular flexibility index (Phi) is 5.09. The molecule has 0 saturated heterocycles. The van der Waals surface area contributed by atoms with Gasteiger partial charge in [-0.3, -0.25) is 17.9 Å². The predicted molar refractivity (Wildman–Crippen MR) is 147 cm³/mol. The Labute approximate surface area is 216 Å². The van der Waals surface area contributed by atoms with Gasteiger partial charge in [0, 0.05) is 46.3 Å². The fourth-order valence-corrected chi connectivity index (χ4v) is 5.36. The molecular weight excluding hydrogens is 460 g/mol. The zero-order valence-corrected chi connectivity index (χ0v) is 22.7. The van der Waals surface area contributed by atoms with E-state index in [4.69, 9.17) is 14.7 Å². The number of ether oxygens (including phenoxy) is 1. The summed E-state index contributed by atoms with van der Waals surface area (Å²) in [6.07, 6.45) is 0. The third-order valence-corrected chi connectivity index (χ3v) is 7.83. The number of hydrogen-bond acceptors (Lipinski definition) is 3. The van der Waals surface area contributed by atoms with Gasteiger partial charge in [0.1, 0.15) is 11.5 Å². The first-order valence-corrected chi connectivity index (χ1v) is 12.6. The molecule has 0 aliphatic heterocycles. The Balaban J connectivity index is 1.40. The Hall–Kier alpha value is -4.26. The number of aromatic nitrogens is 6. The van der Waals surface area contributed by atoms with Gasteiger partial charge in [0.05, 0.1) is 22.8 Å². The number of hydrogen-bond donors (Lipinski definition) is 0. The fraction of sp³-hybridized carbons (Fsp3) is 0.267. The summed E-state index contributed by atoms with van der Waals surface area (Å²) in [5.41, 5.74) is 11.2. The van der Waals surface area contributed by atoms with Crippen LogP contribution in [0.1, 0.15) is 45.6 Å². The van der Waals surface area contributed by atoms with Crippen molar-refractivity contribution < 1.29 is 4.74 Å². The normalized spacial score (nSPS) is 11.8. The van der Waals surface area contributed by atoms with Crippen LogP contribution in [0.25, 0.3) is 22.9 Å². The van der Waals surface area contributed by atoms with Gasteiger partial charge in [0.25, 0.3) is 0 Å². The standard InChI is InChI=1S/C30H32N6O/c1-17-19(3)33-21(5)23(7)35(29(33)31-17)25-11-9-13-27(15-25)37-28-14-10-12-26(16-28)36-24(8)22(6)34-20(4)18(2)32-30(34)36/h9-16H,1-8H3. The highest BCUT2D eigenvalue weighted by molar-refractivity contribution is 5.56. The van der Waals surface area contributed by atoms with Crippen LogP contribution in [0, 0.1) is 55.4 Å². The summed E-state index contributed by atoms with van der Waals surface area (Å²) in [5.74, 6) is 3.40. The van der Waals surface area contributed by atoms with Crippen molar-refractivity contribution in [2.45, 2.75) is 55.4 Å². The Bertz CT molecular complexity index is 1710. The molecule has 188 valence electrons. The van der Waals surface area contributed by atoms with Gasteiger partial charge in [0.15, 0.2) is 0 Å². The van der Waals surface area contributed by atoms with Gasteiger partial charge in [-0.2, -0.15) is 0 Å². The van der Waals surface area contributed by atoms with Crippen molar-refractivity contribution in [3.8, 4) is 22.9 Å². The summed E-state index contributed by atoms with van der Waals surface area (Å²) in [7, 11) is 0. The number of rotatable bonds is 4. The van der Waals surface area contributed by atoms with E-state index in [0.717, 1.165) is 57.2 Å². The monoisotopic (exact) mass is 492 g/mol. The molecule has 0 unspecified atom stereocenters. The lowest BCUT2D eigenvalue weighted by Crippen LogP contribution is -1.99. The van der Waals surface area contributed by atoms with Crippen LogP contribution in [0.3, 0.4) is 0 Å². The maximum atomic E-state index is 6.40. The molecule has 0 bridgehead atoms. The highest BCUT2D eigenvalue weighted by Gasteiger charge is 2.19. The van der Waals surface area contributed by atoms with Crippen LogP contribution in [0.5, 0.6) is 11.5 Å².